The molecular weight excluding hydrogens is 398 g/mol. The van der Waals surface area contributed by atoms with Gasteiger partial charge in [0.2, 0.25) is 11.8 Å². The second kappa shape index (κ2) is 12.9. The van der Waals surface area contributed by atoms with Crippen molar-refractivity contribution in [2.24, 2.45) is 4.99 Å². The molecule has 12 nitrogen and oxygen atoms in total. The number of carbonyl (C=O) groups excluding carboxylic acids is 2. The summed E-state index contributed by atoms with van der Waals surface area (Å²) >= 11 is 0. The maximum absolute atomic E-state index is 12.0. The minimum absolute atomic E-state index is 0.0104. The third-order valence-corrected chi connectivity index (χ3v) is 3.48. The Kier molecular flexibility index (Phi) is 10.5. The Labute approximate surface area is 173 Å². The fourth-order valence-electron chi connectivity index (χ4n) is 2.09. The van der Waals surface area contributed by atoms with Gasteiger partial charge >= 0.3 is 5.96 Å². The van der Waals surface area contributed by atoms with Crippen molar-refractivity contribution in [3.05, 3.63) is 46.2 Å². The molecule has 0 spiro atoms. The Bertz CT molecular complexity index is 808. The van der Waals surface area contributed by atoms with E-state index in [1.807, 2.05) is 0 Å². The summed E-state index contributed by atoms with van der Waals surface area (Å²) < 4.78 is 5.55. The van der Waals surface area contributed by atoms with Crippen molar-refractivity contribution in [3.63, 3.8) is 0 Å². The standard InChI is InChI=1S/C18H25N5O7/c1-22(2)18(23(28)29)19-7-3-9-30-15-5-4-13(12-25)10-14(15)21-17(27)11-20-16(26)6-8-24/h3-5,7,10,24-25H,6,8-9,11-12H2,1-2H3,(H,20,26)(H,21,27)/b7-3+,19-18?. The van der Waals surface area contributed by atoms with Crippen LogP contribution < -0.4 is 15.4 Å². The van der Waals surface area contributed by atoms with Gasteiger partial charge in [-0.25, -0.2) is 0 Å². The van der Waals surface area contributed by atoms with Crippen LogP contribution in [-0.4, -0.2) is 71.7 Å². The van der Waals surface area contributed by atoms with Crippen molar-refractivity contribution in [3.8, 4) is 5.75 Å². The molecule has 12 heteroatoms. The Morgan fingerprint density at radius 3 is 2.63 bits per heavy atom. The number of ether oxygens (including phenoxy) is 1. The number of rotatable bonds is 10. The highest BCUT2D eigenvalue weighted by Crippen LogP contribution is 2.26. The molecule has 0 fully saturated rings. The topological polar surface area (TPSA) is 167 Å². The van der Waals surface area contributed by atoms with Gasteiger partial charge in [0.25, 0.3) is 0 Å². The van der Waals surface area contributed by atoms with E-state index in [0.29, 0.717) is 5.56 Å². The van der Waals surface area contributed by atoms with Crippen molar-refractivity contribution in [1.82, 2.24) is 10.2 Å². The lowest BCUT2D eigenvalue weighted by atomic mass is 10.2. The summed E-state index contributed by atoms with van der Waals surface area (Å²) in [6.07, 6.45) is 2.57. The number of benzene rings is 1. The van der Waals surface area contributed by atoms with Gasteiger partial charge in [-0.2, -0.15) is 0 Å². The summed E-state index contributed by atoms with van der Waals surface area (Å²) in [5, 5.41) is 33.7. The normalized spacial score (nSPS) is 11.3. The van der Waals surface area contributed by atoms with E-state index in [1.54, 1.807) is 12.1 Å². The van der Waals surface area contributed by atoms with Gasteiger partial charge in [-0.05, 0) is 28.7 Å². The molecule has 0 aliphatic rings. The highest BCUT2D eigenvalue weighted by Gasteiger charge is 2.12. The molecule has 1 rings (SSSR count). The molecule has 0 radical (unpaired) electrons. The van der Waals surface area contributed by atoms with E-state index in [9.17, 15) is 24.8 Å². The number of amides is 2. The molecule has 30 heavy (non-hydrogen) atoms. The minimum atomic E-state index is -0.619. The van der Waals surface area contributed by atoms with Crippen molar-refractivity contribution in [2.45, 2.75) is 13.0 Å². The van der Waals surface area contributed by atoms with Crippen molar-refractivity contribution < 1.29 is 29.5 Å². The van der Waals surface area contributed by atoms with E-state index in [2.05, 4.69) is 15.6 Å². The molecule has 1 aromatic rings. The zero-order valence-electron chi connectivity index (χ0n) is 16.7. The number of aliphatic hydroxyl groups is 2. The molecular formula is C18H25N5O7. The number of carbonyl (C=O) groups is 2. The molecule has 0 unspecified atom stereocenters. The van der Waals surface area contributed by atoms with E-state index in [0.717, 1.165) is 0 Å². The minimum Gasteiger partial charge on any atom is -0.487 e. The van der Waals surface area contributed by atoms with E-state index in [1.165, 1.54) is 37.3 Å². The number of nitrogens with zero attached hydrogens (tertiary/aromatic N) is 3. The average molecular weight is 423 g/mol. The van der Waals surface area contributed by atoms with Crippen LogP contribution >= 0.6 is 0 Å². The van der Waals surface area contributed by atoms with Gasteiger partial charge in [-0.15, -0.1) is 0 Å². The van der Waals surface area contributed by atoms with Crippen LogP contribution in [0.5, 0.6) is 5.75 Å². The molecule has 0 saturated carbocycles. The Morgan fingerprint density at radius 2 is 2.03 bits per heavy atom. The number of hydrogen-bond acceptors (Lipinski definition) is 8. The maximum Gasteiger partial charge on any atom is 0.429 e. The van der Waals surface area contributed by atoms with Gasteiger partial charge in [-0.1, -0.05) is 11.1 Å². The highest BCUT2D eigenvalue weighted by atomic mass is 16.6. The highest BCUT2D eigenvalue weighted by molar-refractivity contribution is 5.95. The van der Waals surface area contributed by atoms with Crippen LogP contribution in [0.4, 0.5) is 5.69 Å². The molecule has 0 saturated heterocycles. The van der Waals surface area contributed by atoms with E-state index < -0.39 is 16.7 Å². The largest absolute Gasteiger partial charge is 0.487 e. The summed E-state index contributed by atoms with van der Waals surface area (Å²) in [6, 6.07) is 4.67. The van der Waals surface area contributed by atoms with Crippen molar-refractivity contribution in [2.75, 3.05) is 39.2 Å². The van der Waals surface area contributed by atoms with Crippen molar-refractivity contribution >= 4 is 23.5 Å². The first-order valence-electron chi connectivity index (χ1n) is 8.87. The molecule has 4 N–H and O–H groups in total. The molecule has 0 aliphatic heterocycles. The van der Waals surface area contributed by atoms with Crippen LogP contribution in [0.3, 0.4) is 0 Å². The number of aliphatic hydroxyl groups excluding tert-OH is 2. The van der Waals surface area contributed by atoms with Crippen LogP contribution in [0, 0.1) is 10.1 Å². The van der Waals surface area contributed by atoms with E-state index >= 15 is 0 Å². The first-order valence-corrected chi connectivity index (χ1v) is 8.87. The predicted molar refractivity (Wildman–Crippen MR) is 108 cm³/mol. The van der Waals surface area contributed by atoms with Crippen LogP contribution in [0.15, 0.2) is 35.5 Å². The summed E-state index contributed by atoms with van der Waals surface area (Å²) in [5.74, 6) is -1.04. The second-order valence-corrected chi connectivity index (χ2v) is 6.06. The first kappa shape index (κ1) is 24.5. The molecule has 0 bridgehead atoms. The first-order chi connectivity index (χ1) is 14.3. The van der Waals surface area contributed by atoms with Gasteiger partial charge in [0.1, 0.15) is 18.6 Å². The Hall–Kier alpha value is -3.51. The maximum atomic E-state index is 12.0. The molecule has 0 heterocycles. The smallest absolute Gasteiger partial charge is 0.429 e. The lowest BCUT2D eigenvalue weighted by Gasteiger charge is -2.13. The lowest BCUT2D eigenvalue weighted by molar-refractivity contribution is -0.362. The third-order valence-electron chi connectivity index (χ3n) is 3.48. The van der Waals surface area contributed by atoms with Gasteiger partial charge in [0.15, 0.2) is 0 Å². The fraction of sp³-hybridized carbons (Fsp3) is 0.389. The van der Waals surface area contributed by atoms with Crippen LogP contribution in [0.25, 0.3) is 0 Å². The molecule has 164 valence electrons. The summed E-state index contributed by atoms with van der Waals surface area (Å²) in [7, 11) is 2.99. The average Bonchev–Trinajstić information content (AvgIpc) is 2.69. The quantitative estimate of drug-likeness (QED) is 0.172. The number of nitro groups is 1. The van der Waals surface area contributed by atoms with E-state index in [4.69, 9.17) is 9.84 Å². The monoisotopic (exact) mass is 423 g/mol. The Balaban J connectivity index is 2.77. The second-order valence-electron chi connectivity index (χ2n) is 6.06. The number of anilines is 1. The number of nitrogens with one attached hydrogen (secondary N) is 2. The Morgan fingerprint density at radius 1 is 1.30 bits per heavy atom. The number of guanidine groups is 1. The van der Waals surface area contributed by atoms with Gasteiger partial charge in [0.05, 0.1) is 39.5 Å². The SMILES string of the molecule is CN(C)C(=N/C=C/COc1ccc(CO)cc1NC(=O)CNC(=O)CCO)[N+](=O)[O-]. The third kappa shape index (κ3) is 8.67. The molecule has 0 aromatic heterocycles. The summed E-state index contributed by atoms with van der Waals surface area (Å²) in [6.45, 7) is -0.862. The summed E-state index contributed by atoms with van der Waals surface area (Å²) in [5.41, 5.74) is 0.808. The lowest BCUT2D eigenvalue weighted by Crippen LogP contribution is -2.33. The molecule has 1 aromatic carbocycles. The van der Waals surface area contributed by atoms with Gasteiger partial charge < -0.3 is 35.7 Å². The van der Waals surface area contributed by atoms with Crippen molar-refractivity contribution in [1.29, 1.82) is 0 Å². The zero-order valence-corrected chi connectivity index (χ0v) is 16.7. The van der Waals surface area contributed by atoms with Gasteiger partial charge in [0, 0.05) is 6.42 Å². The predicted octanol–water partition coefficient (Wildman–Crippen LogP) is -0.297. The number of hydrogen-bond donors (Lipinski definition) is 4. The number of aliphatic imine (C=N–C) groups is 1. The molecule has 0 aliphatic carbocycles. The fourth-order valence-corrected chi connectivity index (χ4v) is 2.09. The zero-order chi connectivity index (χ0) is 22.5. The van der Waals surface area contributed by atoms with Crippen LogP contribution in [0.2, 0.25) is 0 Å². The molecule has 0 atom stereocenters. The van der Waals surface area contributed by atoms with Gasteiger partial charge in [-0.3, -0.25) is 14.5 Å². The van der Waals surface area contributed by atoms with E-state index in [-0.39, 0.29) is 50.2 Å². The van der Waals surface area contributed by atoms with Crippen LogP contribution in [-0.2, 0) is 16.2 Å². The molecule has 2 amide bonds. The van der Waals surface area contributed by atoms with Crippen LogP contribution in [0.1, 0.15) is 12.0 Å². The summed E-state index contributed by atoms with van der Waals surface area (Å²) in [4.78, 5) is 38.6.